The van der Waals surface area contributed by atoms with E-state index in [1.54, 1.807) is 0 Å². The Balaban J connectivity index is 3.16. The maximum Gasteiger partial charge on any atom is 0.115 e. The fourth-order valence-electron chi connectivity index (χ4n) is 0.237. The van der Waals surface area contributed by atoms with Gasteiger partial charge in [-0.2, -0.15) is 4.91 Å². The van der Waals surface area contributed by atoms with Gasteiger partial charge < -0.3 is 5.11 Å². The molecule has 0 amide bonds. The number of aliphatic hydroxyl groups excluding tert-OH is 1. The summed E-state index contributed by atoms with van der Waals surface area (Å²) in [7, 11) is 0. The van der Waals surface area contributed by atoms with Crippen LogP contribution in [0.3, 0.4) is 0 Å². The molecular formula is C4H9NO2. The highest BCUT2D eigenvalue weighted by Crippen LogP contribution is 1.92. The molecule has 7 heavy (non-hydrogen) atoms. The summed E-state index contributed by atoms with van der Waals surface area (Å²) in [5, 5.41) is 10.9. The van der Waals surface area contributed by atoms with Crippen molar-refractivity contribution in [3.63, 3.8) is 0 Å². The summed E-state index contributed by atoms with van der Waals surface area (Å²) in [6, 6.07) is -0.389. The molecule has 0 aliphatic carbocycles. The summed E-state index contributed by atoms with van der Waals surface area (Å²) in [6.07, 6.45) is 0.625. The zero-order valence-corrected chi connectivity index (χ0v) is 4.29. The molecule has 0 saturated heterocycles. The molecule has 0 rings (SSSR count). The van der Waals surface area contributed by atoms with E-state index < -0.39 is 0 Å². The topological polar surface area (TPSA) is 49.7 Å². The van der Waals surface area contributed by atoms with Crippen molar-refractivity contribution in [3.8, 4) is 0 Å². The van der Waals surface area contributed by atoms with Gasteiger partial charge in [0.1, 0.15) is 6.04 Å². The van der Waals surface area contributed by atoms with Crippen LogP contribution in [0.4, 0.5) is 0 Å². The van der Waals surface area contributed by atoms with Gasteiger partial charge in [-0.05, 0) is 6.42 Å². The minimum atomic E-state index is -0.389. The quantitative estimate of drug-likeness (QED) is 0.529. The third-order valence-corrected chi connectivity index (χ3v) is 0.831. The van der Waals surface area contributed by atoms with Crippen molar-refractivity contribution in [3.05, 3.63) is 4.91 Å². The fraction of sp³-hybridized carbons (Fsp3) is 1.00. The molecule has 0 unspecified atom stereocenters. The van der Waals surface area contributed by atoms with Crippen LogP contribution in [0, 0.1) is 4.91 Å². The van der Waals surface area contributed by atoms with Crippen LogP contribution in [0.15, 0.2) is 5.18 Å². The highest BCUT2D eigenvalue weighted by Gasteiger charge is 1.99. The minimum absolute atomic E-state index is 0.125. The summed E-state index contributed by atoms with van der Waals surface area (Å²) in [6.45, 7) is 1.68. The Hall–Kier alpha value is -0.440. The molecule has 0 spiro atoms. The lowest BCUT2D eigenvalue weighted by molar-refractivity contribution is 0.263. The van der Waals surface area contributed by atoms with Gasteiger partial charge in [0.05, 0.1) is 6.61 Å². The molecule has 1 N–H and O–H groups in total. The first kappa shape index (κ1) is 6.56. The average molecular weight is 103 g/mol. The molecule has 1 atom stereocenters. The number of rotatable bonds is 3. The molecule has 42 valence electrons. The van der Waals surface area contributed by atoms with E-state index in [9.17, 15) is 4.91 Å². The van der Waals surface area contributed by atoms with Crippen LogP contribution < -0.4 is 0 Å². The zero-order valence-electron chi connectivity index (χ0n) is 4.29. The summed E-state index contributed by atoms with van der Waals surface area (Å²) < 4.78 is 0. The van der Waals surface area contributed by atoms with Crippen LogP contribution in [0.5, 0.6) is 0 Å². The molecule has 0 heterocycles. The molecule has 0 radical (unpaired) electrons. The van der Waals surface area contributed by atoms with Crippen molar-refractivity contribution < 1.29 is 5.11 Å². The van der Waals surface area contributed by atoms with Crippen molar-refractivity contribution in [1.29, 1.82) is 0 Å². The van der Waals surface area contributed by atoms with Gasteiger partial charge in [-0.25, -0.2) is 0 Å². The lowest BCUT2D eigenvalue weighted by Crippen LogP contribution is -2.05. The third-order valence-electron chi connectivity index (χ3n) is 0.831. The van der Waals surface area contributed by atoms with E-state index in [0.29, 0.717) is 6.42 Å². The van der Waals surface area contributed by atoms with Crippen LogP contribution in [0.1, 0.15) is 13.3 Å². The van der Waals surface area contributed by atoms with E-state index in [1.807, 2.05) is 6.92 Å². The highest BCUT2D eigenvalue weighted by molar-refractivity contribution is 4.58. The monoisotopic (exact) mass is 103 g/mol. The maximum absolute atomic E-state index is 9.56. The second kappa shape index (κ2) is 3.74. The van der Waals surface area contributed by atoms with Crippen molar-refractivity contribution in [2.75, 3.05) is 6.61 Å². The molecular weight excluding hydrogens is 94.0 g/mol. The van der Waals surface area contributed by atoms with Gasteiger partial charge in [0, 0.05) is 0 Å². The average Bonchev–Trinajstić information content (AvgIpc) is 1.72. The molecule has 3 nitrogen and oxygen atoms in total. The molecule has 0 saturated carbocycles. The lowest BCUT2D eigenvalue weighted by atomic mass is 10.3. The number of nitrogens with zero attached hydrogens (tertiary/aromatic N) is 1. The maximum atomic E-state index is 9.56. The molecule has 0 aromatic carbocycles. The molecule has 3 heteroatoms. The van der Waals surface area contributed by atoms with Crippen LogP contribution >= 0.6 is 0 Å². The Morgan fingerprint density at radius 2 is 2.43 bits per heavy atom. The first-order valence-electron chi connectivity index (χ1n) is 2.28. The Labute approximate surface area is 42.3 Å². The predicted molar refractivity (Wildman–Crippen MR) is 27.0 cm³/mol. The number of hydrogen-bond donors (Lipinski definition) is 1. The van der Waals surface area contributed by atoms with Gasteiger partial charge in [-0.15, -0.1) is 0 Å². The molecule has 0 aromatic rings. The Morgan fingerprint density at radius 1 is 1.86 bits per heavy atom. The SMILES string of the molecule is CC[C@H](CO)N=O. The van der Waals surface area contributed by atoms with Gasteiger partial charge in [0.2, 0.25) is 0 Å². The Bertz CT molecular complexity index is 51.7. The van der Waals surface area contributed by atoms with Crippen LogP contribution in [0.25, 0.3) is 0 Å². The largest absolute Gasteiger partial charge is 0.394 e. The van der Waals surface area contributed by atoms with E-state index in [0.717, 1.165) is 0 Å². The first-order valence-corrected chi connectivity index (χ1v) is 2.28. The van der Waals surface area contributed by atoms with Crippen molar-refractivity contribution >= 4 is 0 Å². The van der Waals surface area contributed by atoms with E-state index in [1.165, 1.54) is 0 Å². The summed E-state index contributed by atoms with van der Waals surface area (Å²) in [4.78, 5) is 9.56. The van der Waals surface area contributed by atoms with Crippen molar-refractivity contribution in [1.82, 2.24) is 0 Å². The standard InChI is InChI=1S/C4H9NO2/c1-2-4(3-6)5-7/h4,6H,2-3H2,1H3/t4-/m1/s1. The van der Waals surface area contributed by atoms with Crippen LogP contribution in [0.2, 0.25) is 0 Å². The molecule has 0 fully saturated rings. The van der Waals surface area contributed by atoms with Gasteiger partial charge >= 0.3 is 0 Å². The summed E-state index contributed by atoms with van der Waals surface area (Å²) in [5.74, 6) is 0. The fourth-order valence-corrected chi connectivity index (χ4v) is 0.237. The minimum Gasteiger partial charge on any atom is -0.394 e. The molecule has 0 aromatic heterocycles. The van der Waals surface area contributed by atoms with Gasteiger partial charge in [-0.1, -0.05) is 12.1 Å². The molecule has 0 aliphatic heterocycles. The summed E-state index contributed by atoms with van der Waals surface area (Å²) >= 11 is 0. The van der Waals surface area contributed by atoms with E-state index >= 15 is 0 Å². The first-order chi connectivity index (χ1) is 3.35. The second-order valence-corrected chi connectivity index (χ2v) is 1.35. The van der Waals surface area contributed by atoms with Crippen molar-refractivity contribution in [2.24, 2.45) is 5.18 Å². The molecule has 0 aliphatic rings. The normalized spacial score (nSPS) is 13.4. The van der Waals surface area contributed by atoms with E-state index in [-0.39, 0.29) is 12.6 Å². The number of nitroso groups, excluding NO2 is 1. The Kier molecular flexibility index (Phi) is 3.50. The predicted octanol–water partition coefficient (Wildman–Crippen LogP) is 0.524. The summed E-state index contributed by atoms with van der Waals surface area (Å²) in [5.41, 5.74) is 0. The second-order valence-electron chi connectivity index (χ2n) is 1.35. The van der Waals surface area contributed by atoms with Crippen LogP contribution in [-0.4, -0.2) is 17.8 Å². The van der Waals surface area contributed by atoms with Gasteiger partial charge in [0.15, 0.2) is 0 Å². The number of hydrogen-bond acceptors (Lipinski definition) is 3. The van der Waals surface area contributed by atoms with E-state index in [4.69, 9.17) is 5.11 Å². The van der Waals surface area contributed by atoms with Crippen LogP contribution in [-0.2, 0) is 0 Å². The zero-order chi connectivity index (χ0) is 5.70. The van der Waals surface area contributed by atoms with Gasteiger partial charge in [0.25, 0.3) is 0 Å². The van der Waals surface area contributed by atoms with E-state index in [2.05, 4.69) is 5.18 Å². The van der Waals surface area contributed by atoms with Crippen molar-refractivity contribution in [2.45, 2.75) is 19.4 Å². The number of aliphatic hydroxyl groups is 1. The molecule has 0 bridgehead atoms. The van der Waals surface area contributed by atoms with Gasteiger partial charge in [-0.3, -0.25) is 0 Å². The Morgan fingerprint density at radius 3 is 2.43 bits per heavy atom. The smallest absolute Gasteiger partial charge is 0.115 e. The lowest BCUT2D eigenvalue weighted by Gasteiger charge is -1.95. The highest BCUT2D eigenvalue weighted by atomic mass is 16.3. The third kappa shape index (κ3) is 2.28.